The zero-order chi connectivity index (χ0) is 21.3. The number of carbonyl (C=O) groups is 2. The molecule has 0 saturated heterocycles. The smallest absolute Gasteiger partial charge is 0.349 e. The highest BCUT2D eigenvalue weighted by Gasteiger charge is 2.22. The molecule has 8 heteroatoms. The number of halogens is 1. The Balaban J connectivity index is 1.50. The van der Waals surface area contributed by atoms with E-state index in [-0.39, 0.29) is 0 Å². The molecular formula is C22H18ClN3O3S. The van der Waals surface area contributed by atoms with Crippen LogP contribution in [0.3, 0.4) is 0 Å². The molecule has 2 aromatic heterocycles. The van der Waals surface area contributed by atoms with Gasteiger partial charge in [-0.2, -0.15) is 5.10 Å². The van der Waals surface area contributed by atoms with Crippen LogP contribution in [0.4, 0.5) is 5.69 Å². The van der Waals surface area contributed by atoms with Crippen molar-refractivity contribution < 1.29 is 14.3 Å². The standard InChI is InChI=1S/C22H18ClN3O3S/c1-13-18-12-19(30-21(18)26(25-13)17-6-4-3-5-7-17)22(28)29-14(2)20(27)24-16-10-8-15(23)9-11-16/h3-12,14H,1-2H3,(H,24,27). The number of thiophene rings is 1. The number of hydrogen-bond acceptors (Lipinski definition) is 5. The molecule has 152 valence electrons. The van der Waals surface area contributed by atoms with Crippen LogP contribution in [0, 0.1) is 6.92 Å². The van der Waals surface area contributed by atoms with Crippen molar-refractivity contribution in [1.82, 2.24) is 9.78 Å². The number of amides is 1. The van der Waals surface area contributed by atoms with Crippen molar-refractivity contribution in [3.63, 3.8) is 0 Å². The molecule has 30 heavy (non-hydrogen) atoms. The maximum absolute atomic E-state index is 12.6. The second-order valence-electron chi connectivity index (χ2n) is 6.71. The van der Waals surface area contributed by atoms with Gasteiger partial charge < -0.3 is 10.1 Å². The summed E-state index contributed by atoms with van der Waals surface area (Å²) < 4.78 is 7.19. The Kier molecular flexibility index (Phi) is 5.57. The predicted octanol–water partition coefficient (Wildman–Crippen LogP) is 5.23. The number of esters is 1. The Morgan fingerprint density at radius 2 is 1.83 bits per heavy atom. The van der Waals surface area contributed by atoms with E-state index in [1.165, 1.54) is 18.3 Å². The van der Waals surface area contributed by atoms with Crippen LogP contribution in [-0.4, -0.2) is 27.8 Å². The molecule has 1 unspecified atom stereocenters. The molecule has 0 radical (unpaired) electrons. The molecular weight excluding hydrogens is 422 g/mol. The molecule has 1 amide bonds. The number of fused-ring (bicyclic) bond motifs is 1. The van der Waals surface area contributed by atoms with Crippen LogP contribution >= 0.6 is 22.9 Å². The summed E-state index contributed by atoms with van der Waals surface area (Å²) in [6, 6.07) is 18.2. The van der Waals surface area contributed by atoms with Gasteiger partial charge in [0.1, 0.15) is 9.71 Å². The van der Waals surface area contributed by atoms with Gasteiger partial charge in [0.15, 0.2) is 6.10 Å². The highest BCUT2D eigenvalue weighted by molar-refractivity contribution is 7.20. The number of nitrogens with zero attached hydrogens (tertiary/aromatic N) is 2. The van der Waals surface area contributed by atoms with Gasteiger partial charge in [0, 0.05) is 16.1 Å². The third-order valence-electron chi connectivity index (χ3n) is 4.51. The summed E-state index contributed by atoms with van der Waals surface area (Å²) in [5, 5.41) is 8.72. The average Bonchev–Trinajstić information content (AvgIpc) is 3.31. The number of rotatable bonds is 5. The van der Waals surface area contributed by atoms with Gasteiger partial charge in [0.25, 0.3) is 5.91 Å². The number of benzene rings is 2. The van der Waals surface area contributed by atoms with Crippen LogP contribution < -0.4 is 5.32 Å². The first-order valence-corrected chi connectivity index (χ1v) is 10.4. The van der Waals surface area contributed by atoms with Crippen molar-refractivity contribution in [2.45, 2.75) is 20.0 Å². The van der Waals surface area contributed by atoms with Crippen molar-refractivity contribution in [1.29, 1.82) is 0 Å². The molecule has 1 atom stereocenters. The summed E-state index contributed by atoms with van der Waals surface area (Å²) in [6.07, 6.45) is -0.954. The predicted molar refractivity (Wildman–Crippen MR) is 119 cm³/mol. The highest BCUT2D eigenvalue weighted by atomic mass is 35.5. The molecule has 4 aromatic rings. The minimum Gasteiger partial charge on any atom is -0.448 e. The molecule has 4 rings (SSSR count). The number of aryl methyl sites for hydroxylation is 1. The fourth-order valence-electron chi connectivity index (χ4n) is 2.94. The number of nitrogens with one attached hydrogen (secondary N) is 1. The summed E-state index contributed by atoms with van der Waals surface area (Å²) in [6.45, 7) is 3.43. The van der Waals surface area contributed by atoms with E-state index in [1.807, 2.05) is 41.9 Å². The van der Waals surface area contributed by atoms with Crippen molar-refractivity contribution in [3.8, 4) is 5.69 Å². The van der Waals surface area contributed by atoms with Crippen LogP contribution in [0.2, 0.25) is 5.02 Å². The minimum absolute atomic E-state index is 0.418. The molecule has 0 aliphatic rings. The van der Waals surface area contributed by atoms with Crippen LogP contribution in [0.5, 0.6) is 0 Å². The maximum atomic E-state index is 12.6. The van der Waals surface area contributed by atoms with Gasteiger partial charge in [-0.1, -0.05) is 29.8 Å². The van der Waals surface area contributed by atoms with E-state index < -0.39 is 18.0 Å². The first-order chi connectivity index (χ1) is 14.4. The zero-order valence-corrected chi connectivity index (χ0v) is 17.8. The molecule has 2 heterocycles. The van der Waals surface area contributed by atoms with E-state index in [4.69, 9.17) is 16.3 Å². The van der Waals surface area contributed by atoms with Crippen LogP contribution in [0.15, 0.2) is 60.7 Å². The molecule has 1 N–H and O–H groups in total. The molecule has 0 aliphatic carbocycles. The number of hydrogen-bond donors (Lipinski definition) is 1. The molecule has 6 nitrogen and oxygen atoms in total. The summed E-state index contributed by atoms with van der Waals surface area (Å²) in [5.41, 5.74) is 2.30. The largest absolute Gasteiger partial charge is 0.448 e. The van der Waals surface area contributed by atoms with Gasteiger partial charge in [-0.15, -0.1) is 11.3 Å². The van der Waals surface area contributed by atoms with Gasteiger partial charge >= 0.3 is 5.97 Å². The van der Waals surface area contributed by atoms with Crippen molar-refractivity contribution in [2.75, 3.05) is 5.32 Å². The summed E-state index contributed by atoms with van der Waals surface area (Å²) >= 11 is 7.13. The van der Waals surface area contributed by atoms with E-state index in [1.54, 1.807) is 30.3 Å². The van der Waals surface area contributed by atoms with E-state index in [0.717, 1.165) is 21.6 Å². The quantitative estimate of drug-likeness (QED) is 0.432. The Labute approximate surface area is 182 Å². The van der Waals surface area contributed by atoms with Gasteiger partial charge in [-0.25, -0.2) is 9.48 Å². The number of ether oxygens (including phenoxy) is 1. The molecule has 0 bridgehead atoms. The Morgan fingerprint density at radius 3 is 2.53 bits per heavy atom. The van der Waals surface area contributed by atoms with E-state index in [9.17, 15) is 9.59 Å². The van der Waals surface area contributed by atoms with E-state index in [2.05, 4.69) is 10.4 Å². The average molecular weight is 440 g/mol. The van der Waals surface area contributed by atoms with Crippen LogP contribution in [0.25, 0.3) is 15.9 Å². The Hall–Kier alpha value is -3.16. The molecule has 0 aliphatic heterocycles. The first-order valence-electron chi connectivity index (χ1n) is 9.24. The maximum Gasteiger partial charge on any atom is 0.349 e. The number of para-hydroxylation sites is 1. The van der Waals surface area contributed by atoms with Crippen molar-refractivity contribution in [2.24, 2.45) is 0 Å². The Bertz CT molecular complexity index is 1220. The second kappa shape index (κ2) is 8.30. The third kappa shape index (κ3) is 4.08. The monoisotopic (exact) mass is 439 g/mol. The molecule has 0 saturated carbocycles. The topological polar surface area (TPSA) is 73.2 Å². The minimum atomic E-state index is -0.954. The molecule has 0 spiro atoms. The number of carbonyl (C=O) groups excluding carboxylic acids is 2. The lowest BCUT2D eigenvalue weighted by Crippen LogP contribution is -2.29. The van der Waals surface area contributed by atoms with Crippen molar-refractivity contribution in [3.05, 3.63) is 76.3 Å². The SMILES string of the molecule is Cc1nn(-c2ccccc2)c2sc(C(=O)OC(C)C(=O)Nc3ccc(Cl)cc3)cc12. The number of anilines is 1. The van der Waals surface area contributed by atoms with Crippen molar-refractivity contribution >= 4 is 50.7 Å². The fraction of sp³-hybridized carbons (Fsp3) is 0.136. The Morgan fingerprint density at radius 1 is 1.13 bits per heavy atom. The highest BCUT2D eigenvalue weighted by Crippen LogP contribution is 2.31. The van der Waals surface area contributed by atoms with E-state index >= 15 is 0 Å². The fourth-order valence-corrected chi connectivity index (χ4v) is 4.13. The zero-order valence-electron chi connectivity index (χ0n) is 16.3. The van der Waals surface area contributed by atoms with Gasteiger partial charge in [-0.3, -0.25) is 4.79 Å². The summed E-state index contributed by atoms with van der Waals surface area (Å²) in [4.78, 5) is 26.3. The van der Waals surface area contributed by atoms with Gasteiger partial charge in [0.2, 0.25) is 0 Å². The normalized spacial score (nSPS) is 12.0. The van der Waals surface area contributed by atoms with Gasteiger partial charge in [0.05, 0.1) is 11.4 Å². The number of aromatic nitrogens is 2. The second-order valence-corrected chi connectivity index (χ2v) is 8.17. The van der Waals surface area contributed by atoms with Gasteiger partial charge in [-0.05, 0) is 56.3 Å². The lowest BCUT2D eigenvalue weighted by Gasteiger charge is -2.13. The first kappa shape index (κ1) is 20.1. The lowest BCUT2D eigenvalue weighted by molar-refractivity contribution is -0.123. The summed E-state index contributed by atoms with van der Waals surface area (Å²) in [7, 11) is 0. The van der Waals surface area contributed by atoms with E-state index in [0.29, 0.717) is 15.6 Å². The van der Waals surface area contributed by atoms with Crippen LogP contribution in [0.1, 0.15) is 22.3 Å². The summed E-state index contributed by atoms with van der Waals surface area (Å²) in [5.74, 6) is -0.965. The lowest BCUT2D eigenvalue weighted by atomic mass is 10.3. The molecule has 0 fully saturated rings. The third-order valence-corrected chi connectivity index (χ3v) is 5.85. The van der Waals surface area contributed by atoms with Crippen LogP contribution in [-0.2, 0) is 9.53 Å². The molecule has 2 aromatic carbocycles.